The quantitative estimate of drug-likeness (QED) is 0.505. The van der Waals surface area contributed by atoms with Gasteiger partial charge in [0.1, 0.15) is 6.04 Å². The molecular weight excluding hydrogens is 184 g/mol. The van der Waals surface area contributed by atoms with Gasteiger partial charge in [-0.15, -0.1) is 0 Å². The standard InChI is InChI=1S/C8H16N4O2/c1-2-11-8(14)12-4-3-10-5-6(12)7(9)13/h6,10H,2-5H2,1H3,(H2,9,13)(H,11,14). The Hall–Kier alpha value is -1.30. The van der Waals surface area contributed by atoms with Gasteiger partial charge in [0.15, 0.2) is 0 Å². The molecule has 1 rings (SSSR count). The number of amides is 3. The third kappa shape index (κ3) is 2.35. The second-order valence-corrected chi connectivity index (χ2v) is 3.15. The van der Waals surface area contributed by atoms with Crippen LogP contribution in [0.4, 0.5) is 4.79 Å². The van der Waals surface area contributed by atoms with E-state index in [4.69, 9.17) is 5.73 Å². The molecule has 14 heavy (non-hydrogen) atoms. The van der Waals surface area contributed by atoms with Gasteiger partial charge in [0.25, 0.3) is 0 Å². The summed E-state index contributed by atoms with van der Waals surface area (Å²) in [4.78, 5) is 24.0. The van der Waals surface area contributed by atoms with Crippen LogP contribution in [0.5, 0.6) is 0 Å². The third-order valence-electron chi connectivity index (χ3n) is 2.16. The average molecular weight is 200 g/mol. The smallest absolute Gasteiger partial charge is 0.318 e. The molecule has 4 N–H and O–H groups in total. The maximum Gasteiger partial charge on any atom is 0.318 e. The van der Waals surface area contributed by atoms with Crippen molar-refractivity contribution in [2.24, 2.45) is 5.73 Å². The van der Waals surface area contributed by atoms with Gasteiger partial charge in [-0.1, -0.05) is 0 Å². The molecule has 0 aromatic heterocycles. The van der Waals surface area contributed by atoms with Crippen molar-refractivity contribution in [1.29, 1.82) is 0 Å². The number of carbonyl (C=O) groups excluding carboxylic acids is 2. The molecule has 1 heterocycles. The van der Waals surface area contributed by atoms with Crippen molar-refractivity contribution < 1.29 is 9.59 Å². The fourth-order valence-corrected chi connectivity index (χ4v) is 1.45. The summed E-state index contributed by atoms with van der Waals surface area (Å²) in [6, 6.07) is -0.756. The van der Waals surface area contributed by atoms with Gasteiger partial charge in [0, 0.05) is 26.2 Å². The third-order valence-corrected chi connectivity index (χ3v) is 2.16. The number of piperazine rings is 1. The lowest BCUT2D eigenvalue weighted by Gasteiger charge is -2.33. The van der Waals surface area contributed by atoms with Gasteiger partial charge in [-0.3, -0.25) is 4.79 Å². The zero-order valence-corrected chi connectivity index (χ0v) is 8.25. The largest absolute Gasteiger partial charge is 0.368 e. The van der Waals surface area contributed by atoms with Gasteiger partial charge in [-0.05, 0) is 6.92 Å². The molecule has 0 spiro atoms. The van der Waals surface area contributed by atoms with Crippen molar-refractivity contribution in [3.63, 3.8) is 0 Å². The normalized spacial score (nSPS) is 21.8. The van der Waals surface area contributed by atoms with E-state index in [2.05, 4.69) is 10.6 Å². The molecule has 1 aliphatic rings. The van der Waals surface area contributed by atoms with Crippen LogP contribution >= 0.6 is 0 Å². The SMILES string of the molecule is CCNC(=O)N1CCNCC1C(N)=O. The van der Waals surface area contributed by atoms with Crippen LogP contribution in [0.2, 0.25) is 0 Å². The molecule has 3 amide bonds. The van der Waals surface area contributed by atoms with Crippen LogP contribution in [-0.2, 0) is 4.79 Å². The van der Waals surface area contributed by atoms with E-state index in [0.29, 0.717) is 26.2 Å². The summed E-state index contributed by atoms with van der Waals surface area (Å²) in [6.45, 7) is 4.03. The zero-order chi connectivity index (χ0) is 10.6. The maximum absolute atomic E-state index is 11.5. The average Bonchev–Trinajstić information content (AvgIpc) is 2.18. The fraction of sp³-hybridized carbons (Fsp3) is 0.750. The molecule has 0 aromatic rings. The van der Waals surface area contributed by atoms with Crippen LogP contribution in [0.25, 0.3) is 0 Å². The van der Waals surface area contributed by atoms with Crippen molar-refractivity contribution >= 4 is 11.9 Å². The van der Waals surface area contributed by atoms with Crippen molar-refractivity contribution in [3.8, 4) is 0 Å². The van der Waals surface area contributed by atoms with E-state index in [1.165, 1.54) is 4.90 Å². The van der Waals surface area contributed by atoms with Crippen LogP contribution < -0.4 is 16.4 Å². The highest BCUT2D eigenvalue weighted by molar-refractivity contribution is 5.86. The summed E-state index contributed by atoms with van der Waals surface area (Å²) in [5.41, 5.74) is 5.19. The summed E-state index contributed by atoms with van der Waals surface area (Å²) < 4.78 is 0. The highest BCUT2D eigenvalue weighted by Gasteiger charge is 2.29. The lowest BCUT2D eigenvalue weighted by atomic mass is 10.2. The van der Waals surface area contributed by atoms with Crippen LogP contribution in [-0.4, -0.2) is 49.1 Å². The minimum absolute atomic E-state index is 0.224. The lowest BCUT2D eigenvalue weighted by Crippen LogP contribution is -2.60. The first-order chi connectivity index (χ1) is 6.66. The molecule has 0 aromatic carbocycles. The Morgan fingerprint density at radius 1 is 1.64 bits per heavy atom. The summed E-state index contributed by atoms with van der Waals surface area (Å²) in [5.74, 6) is -0.469. The van der Waals surface area contributed by atoms with Crippen molar-refractivity contribution in [1.82, 2.24) is 15.5 Å². The second kappa shape index (κ2) is 4.80. The summed E-state index contributed by atoms with van der Waals surface area (Å²) in [5, 5.41) is 5.67. The molecule has 6 nitrogen and oxygen atoms in total. The Bertz CT molecular complexity index is 231. The summed E-state index contributed by atoms with van der Waals surface area (Å²) >= 11 is 0. The fourth-order valence-electron chi connectivity index (χ4n) is 1.45. The highest BCUT2D eigenvalue weighted by atomic mass is 16.2. The van der Waals surface area contributed by atoms with Crippen LogP contribution in [0.3, 0.4) is 0 Å². The molecule has 0 bridgehead atoms. The van der Waals surface area contributed by atoms with E-state index in [9.17, 15) is 9.59 Å². The van der Waals surface area contributed by atoms with Gasteiger partial charge in [-0.25, -0.2) is 4.79 Å². The monoisotopic (exact) mass is 200 g/mol. The molecular formula is C8H16N4O2. The number of urea groups is 1. The van der Waals surface area contributed by atoms with E-state index in [1.807, 2.05) is 6.92 Å². The molecule has 1 atom stereocenters. The second-order valence-electron chi connectivity index (χ2n) is 3.15. The Labute approximate surface area is 82.8 Å². The highest BCUT2D eigenvalue weighted by Crippen LogP contribution is 2.02. The van der Waals surface area contributed by atoms with E-state index < -0.39 is 11.9 Å². The first kappa shape index (κ1) is 10.8. The zero-order valence-electron chi connectivity index (χ0n) is 8.25. The van der Waals surface area contributed by atoms with Crippen LogP contribution in [0, 0.1) is 0 Å². The minimum Gasteiger partial charge on any atom is -0.368 e. The van der Waals surface area contributed by atoms with Gasteiger partial charge >= 0.3 is 6.03 Å². The molecule has 1 fully saturated rings. The summed E-state index contributed by atoms with van der Waals surface area (Å²) in [7, 11) is 0. The molecule has 80 valence electrons. The number of carbonyl (C=O) groups is 2. The van der Waals surface area contributed by atoms with Crippen LogP contribution in [0.1, 0.15) is 6.92 Å². The first-order valence-electron chi connectivity index (χ1n) is 4.71. The number of rotatable bonds is 2. The van der Waals surface area contributed by atoms with Crippen LogP contribution in [0.15, 0.2) is 0 Å². The number of nitrogens with two attached hydrogens (primary N) is 1. The number of hydrogen-bond donors (Lipinski definition) is 3. The number of hydrogen-bond acceptors (Lipinski definition) is 3. The maximum atomic E-state index is 11.5. The minimum atomic E-state index is -0.532. The van der Waals surface area contributed by atoms with E-state index >= 15 is 0 Å². The molecule has 0 radical (unpaired) electrons. The number of nitrogens with one attached hydrogen (secondary N) is 2. The Morgan fingerprint density at radius 3 is 2.93 bits per heavy atom. The first-order valence-corrected chi connectivity index (χ1v) is 4.71. The van der Waals surface area contributed by atoms with Gasteiger partial charge in [-0.2, -0.15) is 0 Å². The predicted octanol–water partition coefficient (Wildman–Crippen LogP) is -1.52. The van der Waals surface area contributed by atoms with Crippen molar-refractivity contribution in [2.75, 3.05) is 26.2 Å². The van der Waals surface area contributed by atoms with E-state index in [1.54, 1.807) is 0 Å². The molecule has 1 unspecified atom stereocenters. The topological polar surface area (TPSA) is 87.5 Å². The molecule has 0 aliphatic carbocycles. The van der Waals surface area contributed by atoms with Crippen molar-refractivity contribution in [3.05, 3.63) is 0 Å². The predicted molar refractivity (Wildman–Crippen MR) is 51.6 cm³/mol. The summed E-state index contributed by atoms with van der Waals surface area (Å²) in [6.07, 6.45) is 0. The van der Waals surface area contributed by atoms with Gasteiger partial charge in [0.2, 0.25) is 5.91 Å². The van der Waals surface area contributed by atoms with E-state index in [-0.39, 0.29) is 6.03 Å². The number of nitrogens with zero attached hydrogens (tertiary/aromatic N) is 1. The molecule has 0 saturated carbocycles. The number of primary amides is 1. The van der Waals surface area contributed by atoms with Crippen molar-refractivity contribution in [2.45, 2.75) is 13.0 Å². The Balaban J connectivity index is 2.62. The lowest BCUT2D eigenvalue weighted by molar-refractivity contribution is -0.122. The molecule has 1 aliphatic heterocycles. The molecule has 6 heteroatoms. The molecule has 1 saturated heterocycles. The van der Waals surface area contributed by atoms with E-state index in [0.717, 1.165) is 0 Å². The Kier molecular flexibility index (Phi) is 3.70. The van der Waals surface area contributed by atoms with Gasteiger partial charge < -0.3 is 21.3 Å². The van der Waals surface area contributed by atoms with Gasteiger partial charge in [0.05, 0.1) is 0 Å². The Morgan fingerprint density at radius 2 is 2.36 bits per heavy atom.